The fourth-order valence-corrected chi connectivity index (χ4v) is 3.21. The maximum absolute atomic E-state index is 5.53. The molecule has 0 bridgehead atoms. The molecule has 0 saturated carbocycles. The molecule has 0 radical (unpaired) electrons. The van der Waals surface area contributed by atoms with Crippen LogP contribution in [0.5, 0.6) is 17.2 Å². The summed E-state index contributed by atoms with van der Waals surface area (Å²) in [6.45, 7) is 1.32. The van der Waals surface area contributed by atoms with Crippen molar-refractivity contribution in [2.24, 2.45) is 0 Å². The first kappa shape index (κ1) is 13.5. The number of fused-ring (bicyclic) bond motifs is 2. The summed E-state index contributed by atoms with van der Waals surface area (Å²) in [6, 6.07) is 12.9. The number of benzene rings is 2. The van der Waals surface area contributed by atoms with Gasteiger partial charge in [-0.2, -0.15) is 0 Å². The molecule has 1 N–H and O–H groups in total. The normalized spacial score (nSPS) is 18.9. The van der Waals surface area contributed by atoms with Gasteiger partial charge in [-0.25, -0.2) is 0 Å². The van der Waals surface area contributed by atoms with Gasteiger partial charge in [-0.15, -0.1) is 0 Å². The van der Waals surface area contributed by atoms with E-state index >= 15 is 0 Å². The van der Waals surface area contributed by atoms with Gasteiger partial charge < -0.3 is 19.5 Å². The summed E-state index contributed by atoms with van der Waals surface area (Å²) in [5.74, 6) is 2.63. The summed E-state index contributed by atoms with van der Waals surface area (Å²) < 4.78 is 16.2. The number of hydrogen-bond acceptors (Lipinski definition) is 4. The summed E-state index contributed by atoms with van der Waals surface area (Å²) in [5, 5.41) is 3.62. The highest BCUT2D eigenvalue weighted by Gasteiger charge is 2.24. The van der Waals surface area contributed by atoms with Crippen molar-refractivity contribution in [3.63, 3.8) is 0 Å². The number of methoxy groups -OCH3 is 1. The Kier molecular flexibility index (Phi) is 3.39. The van der Waals surface area contributed by atoms with Gasteiger partial charge in [-0.3, -0.25) is 0 Å². The molecule has 0 unspecified atom stereocenters. The lowest BCUT2D eigenvalue weighted by Crippen LogP contribution is -2.31. The molecule has 114 valence electrons. The molecular formula is C18H19NO3. The first-order valence-corrected chi connectivity index (χ1v) is 7.62. The van der Waals surface area contributed by atoms with Crippen molar-refractivity contribution < 1.29 is 14.2 Å². The predicted octanol–water partition coefficient (Wildman–Crippen LogP) is 2.85. The van der Waals surface area contributed by atoms with E-state index in [2.05, 4.69) is 29.6 Å². The summed E-state index contributed by atoms with van der Waals surface area (Å²) in [4.78, 5) is 0. The summed E-state index contributed by atoms with van der Waals surface area (Å²) >= 11 is 0. The van der Waals surface area contributed by atoms with Crippen LogP contribution in [0, 0.1) is 0 Å². The average molecular weight is 297 g/mol. The summed E-state index contributed by atoms with van der Waals surface area (Å²) in [6.07, 6.45) is 1.99. The minimum absolute atomic E-state index is 0.312. The van der Waals surface area contributed by atoms with Crippen LogP contribution in [-0.2, 0) is 12.8 Å². The van der Waals surface area contributed by atoms with E-state index in [0.717, 1.165) is 36.6 Å². The summed E-state index contributed by atoms with van der Waals surface area (Å²) in [7, 11) is 1.69. The van der Waals surface area contributed by atoms with Crippen molar-refractivity contribution in [2.75, 3.05) is 20.4 Å². The van der Waals surface area contributed by atoms with E-state index in [1.807, 2.05) is 12.1 Å². The lowest BCUT2D eigenvalue weighted by Gasteiger charge is -2.27. The van der Waals surface area contributed by atoms with Crippen LogP contribution in [0.4, 0.5) is 0 Å². The van der Waals surface area contributed by atoms with E-state index in [4.69, 9.17) is 14.2 Å². The maximum atomic E-state index is 5.53. The van der Waals surface area contributed by atoms with Crippen molar-refractivity contribution in [1.29, 1.82) is 0 Å². The predicted molar refractivity (Wildman–Crippen MR) is 83.7 cm³/mol. The van der Waals surface area contributed by atoms with E-state index in [1.165, 1.54) is 16.7 Å². The van der Waals surface area contributed by atoms with Gasteiger partial charge in [0.1, 0.15) is 5.75 Å². The van der Waals surface area contributed by atoms with E-state index in [0.29, 0.717) is 12.8 Å². The van der Waals surface area contributed by atoms with Crippen molar-refractivity contribution in [3.8, 4) is 17.2 Å². The smallest absolute Gasteiger partial charge is 0.231 e. The largest absolute Gasteiger partial charge is 0.497 e. The Balaban J connectivity index is 1.61. The monoisotopic (exact) mass is 297 g/mol. The molecule has 2 aromatic rings. The Morgan fingerprint density at radius 3 is 2.68 bits per heavy atom. The van der Waals surface area contributed by atoms with Crippen LogP contribution in [0.25, 0.3) is 0 Å². The second kappa shape index (κ2) is 5.54. The molecule has 0 amide bonds. The second-order valence-corrected chi connectivity index (χ2v) is 5.71. The van der Waals surface area contributed by atoms with Crippen LogP contribution < -0.4 is 19.5 Å². The Morgan fingerprint density at radius 1 is 1.14 bits per heavy atom. The van der Waals surface area contributed by atoms with Gasteiger partial charge in [-0.05, 0) is 60.3 Å². The van der Waals surface area contributed by atoms with Gasteiger partial charge in [0, 0.05) is 6.04 Å². The minimum atomic E-state index is 0.312. The average Bonchev–Trinajstić information content (AvgIpc) is 3.01. The molecule has 4 rings (SSSR count). The Bertz CT molecular complexity index is 681. The quantitative estimate of drug-likeness (QED) is 0.945. The SMILES string of the molecule is COc1ccc(C[C@@H]2NCCc3cc4c(cc32)OCO4)cc1. The zero-order chi connectivity index (χ0) is 14.9. The zero-order valence-electron chi connectivity index (χ0n) is 12.6. The first-order valence-electron chi connectivity index (χ1n) is 7.62. The van der Waals surface area contributed by atoms with Crippen molar-refractivity contribution in [2.45, 2.75) is 18.9 Å². The zero-order valence-corrected chi connectivity index (χ0v) is 12.6. The molecule has 2 heterocycles. The van der Waals surface area contributed by atoms with E-state index in [-0.39, 0.29) is 0 Å². The van der Waals surface area contributed by atoms with Gasteiger partial charge in [-0.1, -0.05) is 12.1 Å². The molecule has 0 aliphatic carbocycles. The molecule has 0 aromatic heterocycles. The Hall–Kier alpha value is -2.20. The molecule has 2 aromatic carbocycles. The van der Waals surface area contributed by atoms with Crippen LogP contribution in [0.15, 0.2) is 36.4 Å². The molecule has 0 spiro atoms. The molecule has 4 nitrogen and oxygen atoms in total. The van der Waals surface area contributed by atoms with Gasteiger partial charge >= 0.3 is 0 Å². The first-order chi connectivity index (χ1) is 10.8. The van der Waals surface area contributed by atoms with Crippen molar-refractivity contribution in [1.82, 2.24) is 5.32 Å². The highest BCUT2D eigenvalue weighted by molar-refractivity contribution is 5.51. The fraction of sp³-hybridized carbons (Fsp3) is 0.333. The molecule has 1 atom stereocenters. The highest BCUT2D eigenvalue weighted by Crippen LogP contribution is 2.39. The molecule has 4 heteroatoms. The van der Waals surface area contributed by atoms with Gasteiger partial charge in [0.15, 0.2) is 11.5 Å². The van der Waals surface area contributed by atoms with Crippen LogP contribution in [0.2, 0.25) is 0 Å². The number of rotatable bonds is 3. The molecule has 2 aliphatic rings. The molecular weight excluding hydrogens is 278 g/mol. The number of nitrogens with one attached hydrogen (secondary N) is 1. The number of hydrogen-bond donors (Lipinski definition) is 1. The Labute approximate surface area is 130 Å². The van der Waals surface area contributed by atoms with Crippen molar-refractivity contribution in [3.05, 3.63) is 53.1 Å². The second-order valence-electron chi connectivity index (χ2n) is 5.71. The van der Waals surface area contributed by atoms with Crippen LogP contribution in [0.3, 0.4) is 0 Å². The fourth-order valence-electron chi connectivity index (χ4n) is 3.21. The molecule has 2 aliphatic heterocycles. The molecule has 22 heavy (non-hydrogen) atoms. The Morgan fingerprint density at radius 2 is 1.91 bits per heavy atom. The molecule has 0 saturated heterocycles. The maximum Gasteiger partial charge on any atom is 0.231 e. The standard InChI is InChI=1S/C18H19NO3/c1-20-14-4-2-12(3-5-14)8-16-15-10-18-17(21-11-22-18)9-13(15)6-7-19-16/h2-5,9-10,16,19H,6-8,11H2,1H3/t16-/m0/s1. The minimum Gasteiger partial charge on any atom is -0.497 e. The topological polar surface area (TPSA) is 39.7 Å². The lowest BCUT2D eigenvalue weighted by molar-refractivity contribution is 0.174. The van der Waals surface area contributed by atoms with Gasteiger partial charge in [0.25, 0.3) is 0 Å². The summed E-state index contributed by atoms with van der Waals surface area (Å²) in [5.41, 5.74) is 3.98. The van der Waals surface area contributed by atoms with E-state index < -0.39 is 0 Å². The van der Waals surface area contributed by atoms with Crippen LogP contribution in [0.1, 0.15) is 22.7 Å². The third-order valence-electron chi connectivity index (χ3n) is 4.39. The van der Waals surface area contributed by atoms with Gasteiger partial charge in [0.2, 0.25) is 6.79 Å². The van der Waals surface area contributed by atoms with E-state index in [9.17, 15) is 0 Å². The van der Waals surface area contributed by atoms with E-state index in [1.54, 1.807) is 7.11 Å². The number of ether oxygens (including phenoxy) is 3. The lowest BCUT2D eigenvalue weighted by atomic mass is 9.90. The van der Waals surface area contributed by atoms with Crippen molar-refractivity contribution >= 4 is 0 Å². The van der Waals surface area contributed by atoms with Crippen LogP contribution >= 0.6 is 0 Å². The van der Waals surface area contributed by atoms with Crippen LogP contribution in [-0.4, -0.2) is 20.4 Å². The third kappa shape index (κ3) is 2.40. The third-order valence-corrected chi connectivity index (χ3v) is 4.39. The molecule has 0 fully saturated rings. The highest BCUT2D eigenvalue weighted by atomic mass is 16.7. The van der Waals surface area contributed by atoms with Gasteiger partial charge in [0.05, 0.1) is 7.11 Å².